The average Bonchev–Trinajstić information content (AvgIpc) is 1.92. The van der Waals surface area contributed by atoms with Crippen molar-refractivity contribution in [3.05, 3.63) is 28.5 Å². The quantitative estimate of drug-likeness (QED) is 0.580. The minimum Gasteiger partial charge on any atom is -0.244 e. The zero-order valence-electron chi connectivity index (χ0n) is 6.11. The van der Waals surface area contributed by atoms with E-state index in [1.54, 1.807) is 0 Å². The molecule has 1 aromatic rings. The fourth-order valence-corrected chi connectivity index (χ4v) is 0.962. The Morgan fingerprint density at radius 3 is 2.42 bits per heavy atom. The minimum absolute atomic E-state index is 0.0758. The van der Waals surface area contributed by atoms with Crippen LogP contribution in [0.5, 0.6) is 0 Å². The molecule has 0 bridgehead atoms. The van der Waals surface area contributed by atoms with E-state index in [2.05, 4.69) is 4.98 Å². The molecule has 5 heteroatoms. The van der Waals surface area contributed by atoms with Crippen LogP contribution in [0.4, 0.5) is 13.2 Å². The lowest BCUT2D eigenvalue weighted by Gasteiger charge is -2.08. The summed E-state index contributed by atoms with van der Waals surface area (Å²) in [5, 5.41) is -0.145. The molecule has 0 aliphatic carbocycles. The molecular formula is C7H5ClF3N. The summed E-state index contributed by atoms with van der Waals surface area (Å²) < 4.78 is 36.4. The van der Waals surface area contributed by atoms with Gasteiger partial charge in [-0.1, -0.05) is 11.6 Å². The van der Waals surface area contributed by atoms with Crippen LogP contribution in [0.25, 0.3) is 0 Å². The number of hydrogen-bond acceptors (Lipinski definition) is 1. The third-order valence-electron chi connectivity index (χ3n) is 1.38. The molecule has 1 rings (SSSR count). The number of alkyl halides is 3. The summed E-state index contributed by atoms with van der Waals surface area (Å²) in [6.07, 6.45) is -3.25. The number of aromatic nitrogens is 1. The van der Waals surface area contributed by atoms with E-state index in [1.165, 1.54) is 6.92 Å². The zero-order chi connectivity index (χ0) is 9.35. The van der Waals surface area contributed by atoms with Crippen molar-refractivity contribution in [3.8, 4) is 0 Å². The normalized spacial score (nSPS) is 11.8. The van der Waals surface area contributed by atoms with Crippen LogP contribution < -0.4 is 0 Å². The van der Waals surface area contributed by atoms with Crippen molar-refractivity contribution in [3.63, 3.8) is 0 Å². The fraction of sp³-hybridized carbons (Fsp3) is 0.286. The van der Waals surface area contributed by atoms with Crippen molar-refractivity contribution in [2.75, 3.05) is 0 Å². The van der Waals surface area contributed by atoms with Crippen LogP contribution in [-0.4, -0.2) is 4.98 Å². The van der Waals surface area contributed by atoms with E-state index in [-0.39, 0.29) is 10.7 Å². The molecule has 0 amide bonds. The molecule has 0 aromatic carbocycles. The van der Waals surface area contributed by atoms with Crippen molar-refractivity contribution < 1.29 is 13.2 Å². The third-order valence-corrected chi connectivity index (χ3v) is 1.58. The van der Waals surface area contributed by atoms with Gasteiger partial charge in [0.1, 0.15) is 5.15 Å². The van der Waals surface area contributed by atoms with Gasteiger partial charge in [0.15, 0.2) is 0 Å². The van der Waals surface area contributed by atoms with Gasteiger partial charge in [-0.15, -0.1) is 0 Å². The second kappa shape index (κ2) is 2.94. The number of pyridine rings is 1. The highest BCUT2D eigenvalue weighted by atomic mass is 35.5. The van der Waals surface area contributed by atoms with E-state index in [9.17, 15) is 13.2 Å². The zero-order valence-corrected chi connectivity index (χ0v) is 6.87. The standard InChI is InChI=1S/C7H5ClF3N/c1-4-3-12-6(8)2-5(4)7(9,10)11/h2-3H,1H3. The second-order valence-corrected chi connectivity index (χ2v) is 2.71. The molecule has 0 aliphatic heterocycles. The van der Waals surface area contributed by atoms with Crippen LogP contribution >= 0.6 is 11.6 Å². The molecule has 1 aromatic heterocycles. The average molecular weight is 196 g/mol. The van der Waals surface area contributed by atoms with Crippen LogP contribution in [0.1, 0.15) is 11.1 Å². The number of hydrogen-bond donors (Lipinski definition) is 0. The molecule has 0 saturated carbocycles. The van der Waals surface area contributed by atoms with Crippen LogP contribution in [-0.2, 0) is 6.18 Å². The molecule has 1 nitrogen and oxygen atoms in total. The number of aryl methyl sites for hydroxylation is 1. The lowest BCUT2D eigenvalue weighted by molar-refractivity contribution is -0.138. The third kappa shape index (κ3) is 1.88. The van der Waals surface area contributed by atoms with E-state index in [0.29, 0.717) is 0 Å². The summed E-state index contributed by atoms with van der Waals surface area (Å²) in [5.74, 6) is 0. The Morgan fingerprint density at radius 2 is 2.00 bits per heavy atom. The van der Waals surface area contributed by atoms with Gasteiger partial charge >= 0.3 is 6.18 Å². The molecule has 0 atom stereocenters. The van der Waals surface area contributed by atoms with Crippen molar-refractivity contribution in [1.29, 1.82) is 0 Å². The minimum atomic E-state index is -4.35. The lowest BCUT2D eigenvalue weighted by atomic mass is 10.1. The second-order valence-electron chi connectivity index (χ2n) is 2.32. The van der Waals surface area contributed by atoms with Gasteiger partial charge in [0, 0.05) is 6.20 Å². The Kier molecular flexibility index (Phi) is 2.28. The van der Waals surface area contributed by atoms with E-state index in [0.717, 1.165) is 12.3 Å². The summed E-state index contributed by atoms with van der Waals surface area (Å²) in [6, 6.07) is 0.816. The van der Waals surface area contributed by atoms with Gasteiger partial charge in [-0.3, -0.25) is 0 Å². The van der Waals surface area contributed by atoms with Crippen molar-refractivity contribution in [2.45, 2.75) is 13.1 Å². The molecule has 0 N–H and O–H groups in total. The highest BCUT2D eigenvalue weighted by Gasteiger charge is 2.32. The van der Waals surface area contributed by atoms with Crippen molar-refractivity contribution in [2.24, 2.45) is 0 Å². The Labute approximate surface area is 72.2 Å². The first-order chi connectivity index (χ1) is 5.41. The summed E-state index contributed by atoms with van der Waals surface area (Å²) in [6.45, 7) is 1.34. The van der Waals surface area contributed by atoms with Crippen LogP contribution in [0.15, 0.2) is 12.3 Å². The molecule has 0 unspecified atom stereocenters. The number of rotatable bonds is 0. The number of halogens is 4. The summed E-state index contributed by atoms with van der Waals surface area (Å²) in [4.78, 5) is 3.52. The monoisotopic (exact) mass is 195 g/mol. The van der Waals surface area contributed by atoms with Crippen molar-refractivity contribution in [1.82, 2.24) is 4.98 Å². The highest BCUT2D eigenvalue weighted by molar-refractivity contribution is 6.29. The first-order valence-corrected chi connectivity index (χ1v) is 3.48. The molecule has 0 aliphatic rings. The summed E-state index contributed by atoms with van der Waals surface area (Å²) in [5.41, 5.74) is -0.658. The van der Waals surface area contributed by atoms with Crippen molar-refractivity contribution >= 4 is 11.6 Å². The molecule has 66 valence electrons. The molecule has 1 heterocycles. The topological polar surface area (TPSA) is 12.9 Å². The van der Waals surface area contributed by atoms with Gasteiger partial charge in [0.25, 0.3) is 0 Å². The maximum atomic E-state index is 12.1. The predicted molar refractivity (Wildman–Crippen MR) is 39.0 cm³/mol. The maximum Gasteiger partial charge on any atom is 0.416 e. The SMILES string of the molecule is Cc1cnc(Cl)cc1C(F)(F)F. The van der Waals surface area contributed by atoms with Crippen LogP contribution in [0.2, 0.25) is 5.15 Å². The summed E-state index contributed by atoms with van der Waals surface area (Å²) in [7, 11) is 0. The van der Waals surface area contributed by atoms with Gasteiger partial charge in [-0.25, -0.2) is 4.98 Å². The van der Waals surface area contributed by atoms with Crippen LogP contribution in [0, 0.1) is 6.92 Å². The molecule has 12 heavy (non-hydrogen) atoms. The molecule has 0 saturated heterocycles. The first-order valence-electron chi connectivity index (χ1n) is 3.10. The lowest BCUT2D eigenvalue weighted by Crippen LogP contribution is -2.07. The molecule has 0 radical (unpaired) electrons. The molecule has 0 spiro atoms. The van der Waals surface area contributed by atoms with Gasteiger partial charge in [0.05, 0.1) is 5.56 Å². The van der Waals surface area contributed by atoms with Gasteiger partial charge in [0.2, 0.25) is 0 Å². The van der Waals surface area contributed by atoms with Gasteiger partial charge < -0.3 is 0 Å². The summed E-state index contributed by atoms with van der Waals surface area (Å²) >= 11 is 5.31. The Morgan fingerprint density at radius 1 is 1.42 bits per heavy atom. The number of nitrogens with zero attached hydrogens (tertiary/aromatic N) is 1. The highest BCUT2D eigenvalue weighted by Crippen LogP contribution is 2.32. The molecule has 0 fully saturated rings. The van der Waals surface area contributed by atoms with Crippen LogP contribution in [0.3, 0.4) is 0 Å². The van der Waals surface area contributed by atoms with E-state index < -0.39 is 11.7 Å². The Bertz CT molecular complexity index is 295. The van der Waals surface area contributed by atoms with Gasteiger partial charge in [-0.05, 0) is 18.6 Å². The van der Waals surface area contributed by atoms with E-state index >= 15 is 0 Å². The Hall–Kier alpha value is -0.770. The molecular weight excluding hydrogens is 191 g/mol. The predicted octanol–water partition coefficient (Wildman–Crippen LogP) is 3.06. The first kappa shape index (κ1) is 9.32. The Balaban J connectivity index is 3.23. The maximum absolute atomic E-state index is 12.1. The van der Waals surface area contributed by atoms with E-state index in [4.69, 9.17) is 11.6 Å². The largest absolute Gasteiger partial charge is 0.416 e. The van der Waals surface area contributed by atoms with E-state index in [1.807, 2.05) is 0 Å². The van der Waals surface area contributed by atoms with Gasteiger partial charge in [-0.2, -0.15) is 13.2 Å². The fourth-order valence-electron chi connectivity index (χ4n) is 0.804. The smallest absolute Gasteiger partial charge is 0.244 e.